The molecule has 2 unspecified atom stereocenters. The van der Waals surface area contributed by atoms with Gasteiger partial charge in [0.25, 0.3) is 5.91 Å². The monoisotopic (exact) mass is 421 g/mol. The highest BCUT2D eigenvalue weighted by molar-refractivity contribution is 6.09. The van der Waals surface area contributed by atoms with E-state index in [1.165, 1.54) is 11.1 Å². The van der Waals surface area contributed by atoms with Crippen molar-refractivity contribution in [2.75, 3.05) is 6.54 Å². The van der Waals surface area contributed by atoms with E-state index in [0.717, 1.165) is 28.9 Å². The number of amides is 4. The molecule has 0 spiro atoms. The maximum absolute atomic E-state index is 13.1. The predicted octanol–water partition coefficient (Wildman–Crippen LogP) is 3.90. The summed E-state index contributed by atoms with van der Waals surface area (Å²) in [5, 5.41) is 5.65. The first-order valence-corrected chi connectivity index (χ1v) is 10.8. The van der Waals surface area contributed by atoms with Crippen LogP contribution < -0.4 is 10.6 Å². The molecule has 1 aliphatic heterocycles. The topological polar surface area (TPSA) is 78.5 Å². The van der Waals surface area contributed by atoms with Gasteiger partial charge in [-0.3, -0.25) is 14.5 Å². The summed E-state index contributed by atoms with van der Waals surface area (Å²) in [6.07, 6.45) is 2.00. The summed E-state index contributed by atoms with van der Waals surface area (Å²) in [6, 6.07) is 12.9. The zero-order valence-electron chi connectivity index (χ0n) is 18.9. The Hall–Kier alpha value is -3.15. The molecule has 2 aromatic carbocycles. The number of hydrogen-bond acceptors (Lipinski definition) is 3. The number of benzene rings is 2. The lowest BCUT2D eigenvalue weighted by atomic mass is 9.91. The van der Waals surface area contributed by atoms with Gasteiger partial charge in [-0.15, -0.1) is 0 Å². The van der Waals surface area contributed by atoms with Gasteiger partial charge in [0.15, 0.2) is 0 Å². The number of imide groups is 1. The molecule has 1 heterocycles. The lowest BCUT2D eigenvalue weighted by molar-refractivity contribution is -0.135. The van der Waals surface area contributed by atoms with Crippen molar-refractivity contribution in [1.82, 2.24) is 15.5 Å². The van der Waals surface area contributed by atoms with Gasteiger partial charge in [-0.25, -0.2) is 4.79 Å². The highest BCUT2D eigenvalue weighted by atomic mass is 16.2. The summed E-state index contributed by atoms with van der Waals surface area (Å²) in [4.78, 5) is 39.2. The lowest BCUT2D eigenvalue weighted by Gasteiger charge is -2.23. The summed E-state index contributed by atoms with van der Waals surface area (Å²) in [6.45, 7) is 9.42. The fraction of sp³-hybridized carbons (Fsp3) is 0.400. The molecule has 2 aromatic rings. The van der Waals surface area contributed by atoms with Crippen LogP contribution in [0.25, 0.3) is 0 Å². The number of carbonyl (C=O) groups excluding carboxylic acids is 3. The van der Waals surface area contributed by atoms with Crippen molar-refractivity contribution in [2.24, 2.45) is 0 Å². The number of nitrogens with zero attached hydrogens (tertiary/aromatic N) is 1. The molecule has 2 atom stereocenters. The van der Waals surface area contributed by atoms with E-state index in [1.807, 2.05) is 63.2 Å². The average molecular weight is 422 g/mol. The number of aryl methyl sites for hydroxylation is 3. The van der Waals surface area contributed by atoms with Crippen molar-refractivity contribution in [1.29, 1.82) is 0 Å². The van der Waals surface area contributed by atoms with E-state index in [-0.39, 0.29) is 18.5 Å². The predicted molar refractivity (Wildman–Crippen MR) is 121 cm³/mol. The minimum atomic E-state index is -1.18. The van der Waals surface area contributed by atoms with E-state index in [9.17, 15) is 14.4 Å². The van der Waals surface area contributed by atoms with Gasteiger partial charge < -0.3 is 10.6 Å². The van der Waals surface area contributed by atoms with E-state index in [1.54, 1.807) is 6.92 Å². The van der Waals surface area contributed by atoms with Crippen LogP contribution >= 0.6 is 0 Å². The quantitative estimate of drug-likeness (QED) is 0.666. The molecular weight excluding hydrogens is 390 g/mol. The second-order valence-electron chi connectivity index (χ2n) is 8.53. The molecule has 0 radical (unpaired) electrons. The molecule has 0 bridgehead atoms. The molecule has 4 amide bonds. The third-order valence-corrected chi connectivity index (χ3v) is 6.06. The Morgan fingerprint density at radius 3 is 2.39 bits per heavy atom. The zero-order valence-corrected chi connectivity index (χ0v) is 18.9. The highest BCUT2D eigenvalue weighted by Gasteiger charge is 2.49. The minimum Gasteiger partial charge on any atom is -0.348 e. The number of rotatable bonds is 7. The number of urea groups is 1. The molecule has 31 heavy (non-hydrogen) atoms. The number of hydrogen-bond donors (Lipinski definition) is 2. The number of nitrogens with one attached hydrogen (secondary N) is 2. The second kappa shape index (κ2) is 8.92. The Morgan fingerprint density at radius 1 is 1.10 bits per heavy atom. The zero-order chi connectivity index (χ0) is 22.8. The van der Waals surface area contributed by atoms with Gasteiger partial charge in [-0.1, -0.05) is 55.8 Å². The highest BCUT2D eigenvalue weighted by Crippen LogP contribution is 2.29. The summed E-state index contributed by atoms with van der Waals surface area (Å²) in [7, 11) is 0. The Balaban J connectivity index is 1.68. The van der Waals surface area contributed by atoms with Crippen LogP contribution in [-0.2, 0) is 21.5 Å². The number of carbonyl (C=O) groups is 3. The maximum Gasteiger partial charge on any atom is 0.325 e. The van der Waals surface area contributed by atoms with Crippen LogP contribution in [0, 0.1) is 13.8 Å². The molecule has 164 valence electrons. The van der Waals surface area contributed by atoms with Crippen molar-refractivity contribution in [3.8, 4) is 0 Å². The third kappa shape index (κ3) is 4.63. The minimum absolute atomic E-state index is 0.231. The summed E-state index contributed by atoms with van der Waals surface area (Å²) >= 11 is 0. The fourth-order valence-electron chi connectivity index (χ4n) is 3.88. The Kier molecular flexibility index (Phi) is 6.48. The maximum atomic E-state index is 13.1. The standard InChI is InChI=1S/C25H31N3O3/c1-6-7-19-9-12-21(13-10-19)25(5)23(30)28(24(31)27-25)15-22(29)26-18(4)20-11-8-16(2)17(3)14-20/h8-14,18H,6-7,15H2,1-5H3,(H,26,29)(H,27,31). The van der Waals surface area contributed by atoms with Gasteiger partial charge in [0, 0.05) is 0 Å². The van der Waals surface area contributed by atoms with Gasteiger partial charge >= 0.3 is 6.03 Å². The van der Waals surface area contributed by atoms with Gasteiger partial charge in [0.2, 0.25) is 5.91 Å². The second-order valence-corrected chi connectivity index (χ2v) is 8.53. The normalized spacial score (nSPS) is 19.3. The van der Waals surface area contributed by atoms with E-state index < -0.39 is 17.5 Å². The summed E-state index contributed by atoms with van der Waals surface area (Å²) in [5.74, 6) is -0.800. The molecule has 6 heteroatoms. The van der Waals surface area contributed by atoms with Crippen LogP contribution in [0.1, 0.15) is 61.1 Å². The molecule has 2 N–H and O–H groups in total. The molecule has 1 saturated heterocycles. The summed E-state index contributed by atoms with van der Waals surface area (Å²) in [5.41, 5.74) is 4.02. The van der Waals surface area contributed by atoms with Crippen molar-refractivity contribution in [3.63, 3.8) is 0 Å². The molecule has 0 saturated carbocycles. The van der Waals surface area contributed by atoms with Gasteiger partial charge in [-0.2, -0.15) is 0 Å². The van der Waals surface area contributed by atoms with E-state index in [2.05, 4.69) is 17.6 Å². The molecular formula is C25H31N3O3. The summed E-state index contributed by atoms with van der Waals surface area (Å²) < 4.78 is 0. The molecule has 0 aliphatic carbocycles. The van der Waals surface area contributed by atoms with Gasteiger partial charge in [0.1, 0.15) is 12.1 Å². The van der Waals surface area contributed by atoms with E-state index in [0.29, 0.717) is 5.56 Å². The third-order valence-electron chi connectivity index (χ3n) is 6.06. The fourth-order valence-corrected chi connectivity index (χ4v) is 3.88. The van der Waals surface area contributed by atoms with Crippen LogP contribution in [0.4, 0.5) is 4.79 Å². The first-order valence-electron chi connectivity index (χ1n) is 10.8. The van der Waals surface area contributed by atoms with E-state index in [4.69, 9.17) is 0 Å². The Morgan fingerprint density at radius 2 is 1.77 bits per heavy atom. The first kappa shape index (κ1) is 22.5. The van der Waals surface area contributed by atoms with Crippen molar-refractivity contribution in [2.45, 2.75) is 59.0 Å². The Labute approximate surface area is 184 Å². The van der Waals surface area contributed by atoms with Crippen molar-refractivity contribution >= 4 is 17.8 Å². The Bertz CT molecular complexity index is 1000. The molecule has 3 rings (SSSR count). The lowest BCUT2D eigenvalue weighted by Crippen LogP contribution is -2.43. The smallest absolute Gasteiger partial charge is 0.325 e. The van der Waals surface area contributed by atoms with Gasteiger partial charge in [-0.05, 0) is 61.9 Å². The average Bonchev–Trinajstić information content (AvgIpc) is 2.94. The largest absolute Gasteiger partial charge is 0.348 e. The van der Waals surface area contributed by atoms with Crippen LogP contribution in [-0.4, -0.2) is 29.3 Å². The van der Waals surface area contributed by atoms with Crippen molar-refractivity contribution in [3.05, 3.63) is 70.3 Å². The molecule has 1 fully saturated rings. The van der Waals surface area contributed by atoms with E-state index >= 15 is 0 Å². The SMILES string of the molecule is CCCc1ccc(C2(C)NC(=O)N(CC(=O)NC(C)c3ccc(C)c(C)c3)C2=O)cc1. The molecule has 6 nitrogen and oxygen atoms in total. The van der Waals surface area contributed by atoms with Crippen LogP contribution in [0.15, 0.2) is 42.5 Å². The van der Waals surface area contributed by atoms with Crippen LogP contribution in [0.3, 0.4) is 0 Å². The molecule has 1 aliphatic rings. The van der Waals surface area contributed by atoms with Crippen LogP contribution in [0.2, 0.25) is 0 Å². The van der Waals surface area contributed by atoms with Crippen LogP contribution in [0.5, 0.6) is 0 Å². The van der Waals surface area contributed by atoms with Gasteiger partial charge in [0.05, 0.1) is 6.04 Å². The first-order chi connectivity index (χ1) is 14.7. The van der Waals surface area contributed by atoms with Crippen molar-refractivity contribution < 1.29 is 14.4 Å². The molecule has 0 aromatic heterocycles.